The Morgan fingerprint density at radius 1 is 1.04 bits per heavy atom. The van der Waals surface area contributed by atoms with Crippen molar-refractivity contribution in [1.29, 1.82) is 0 Å². The Balaban J connectivity index is 1.57. The summed E-state index contributed by atoms with van der Waals surface area (Å²) >= 11 is 1.73. The molecule has 1 fully saturated rings. The molecular formula is C21H26N2O3S. The smallest absolute Gasteiger partial charge is 0.309 e. The van der Waals surface area contributed by atoms with Crippen LogP contribution in [-0.2, 0) is 21.5 Å². The Morgan fingerprint density at radius 2 is 1.78 bits per heavy atom. The van der Waals surface area contributed by atoms with Crippen molar-refractivity contribution in [3.63, 3.8) is 0 Å². The Bertz CT molecular complexity index is 767. The van der Waals surface area contributed by atoms with Gasteiger partial charge in [0, 0.05) is 28.9 Å². The molecule has 1 aromatic heterocycles. The molecule has 2 aromatic rings. The number of para-hydroxylation sites is 1. The lowest BCUT2D eigenvalue weighted by Gasteiger charge is -2.36. The molecule has 0 unspecified atom stereocenters. The SMILES string of the molecule is COc1ccccc1CNC(=O)C(=O)NCC1(c2cccs2)CCCCC1. The molecule has 0 bridgehead atoms. The molecule has 1 aliphatic carbocycles. The maximum Gasteiger partial charge on any atom is 0.309 e. The lowest BCUT2D eigenvalue weighted by molar-refractivity contribution is -0.139. The predicted molar refractivity (Wildman–Crippen MR) is 107 cm³/mol. The van der Waals surface area contributed by atoms with Crippen LogP contribution in [0.2, 0.25) is 0 Å². The molecule has 0 saturated heterocycles. The second kappa shape index (κ2) is 9.04. The number of benzene rings is 1. The van der Waals surface area contributed by atoms with Gasteiger partial charge in [0.1, 0.15) is 5.75 Å². The molecule has 0 radical (unpaired) electrons. The summed E-state index contributed by atoms with van der Waals surface area (Å²) < 4.78 is 5.27. The van der Waals surface area contributed by atoms with Gasteiger partial charge in [-0.05, 0) is 30.4 Å². The summed E-state index contributed by atoms with van der Waals surface area (Å²) in [7, 11) is 1.58. The van der Waals surface area contributed by atoms with Crippen molar-refractivity contribution < 1.29 is 14.3 Å². The maximum atomic E-state index is 12.3. The normalized spacial score (nSPS) is 15.7. The summed E-state index contributed by atoms with van der Waals surface area (Å²) in [5.74, 6) is -0.499. The largest absolute Gasteiger partial charge is 0.496 e. The molecule has 6 heteroatoms. The van der Waals surface area contributed by atoms with Gasteiger partial charge in [-0.1, -0.05) is 43.5 Å². The lowest BCUT2D eigenvalue weighted by atomic mass is 9.73. The van der Waals surface area contributed by atoms with E-state index in [0.29, 0.717) is 12.3 Å². The molecule has 2 amide bonds. The number of amides is 2. The van der Waals surface area contributed by atoms with Gasteiger partial charge < -0.3 is 15.4 Å². The number of hydrogen-bond acceptors (Lipinski definition) is 4. The van der Waals surface area contributed by atoms with Gasteiger partial charge in [-0.2, -0.15) is 0 Å². The molecule has 27 heavy (non-hydrogen) atoms. The summed E-state index contributed by atoms with van der Waals surface area (Å²) in [5, 5.41) is 7.63. The topological polar surface area (TPSA) is 67.4 Å². The molecule has 0 aliphatic heterocycles. The van der Waals surface area contributed by atoms with Crippen LogP contribution in [-0.4, -0.2) is 25.5 Å². The van der Waals surface area contributed by atoms with Crippen LogP contribution in [0.25, 0.3) is 0 Å². The third-order valence-corrected chi connectivity index (χ3v) is 6.40. The van der Waals surface area contributed by atoms with E-state index in [1.165, 1.54) is 11.3 Å². The van der Waals surface area contributed by atoms with E-state index in [1.807, 2.05) is 24.3 Å². The van der Waals surface area contributed by atoms with E-state index in [0.717, 1.165) is 31.2 Å². The van der Waals surface area contributed by atoms with Crippen LogP contribution in [0.3, 0.4) is 0 Å². The van der Waals surface area contributed by atoms with E-state index in [2.05, 4.69) is 28.1 Å². The molecule has 2 N–H and O–H groups in total. The van der Waals surface area contributed by atoms with E-state index in [-0.39, 0.29) is 12.0 Å². The summed E-state index contributed by atoms with van der Waals surface area (Å²) in [6.45, 7) is 0.765. The lowest BCUT2D eigenvalue weighted by Crippen LogP contribution is -2.46. The van der Waals surface area contributed by atoms with E-state index >= 15 is 0 Å². The van der Waals surface area contributed by atoms with Crippen molar-refractivity contribution in [3.8, 4) is 5.75 Å². The average molecular weight is 387 g/mol. The van der Waals surface area contributed by atoms with Crippen LogP contribution in [0.4, 0.5) is 0 Å². The predicted octanol–water partition coefficient (Wildman–Crippen LogP) is 3.39. The van der Waals surface area contributed by atoms with Gasteiger partial charge in [0.15, 0.2) is 0 Å². The first-order chi connectivity index (χ1) is 13.1. The van der Waals surface area contributed by atoms with Crippen LogP contribution in [0.15, 0.2) is 41.8 Å². The minimum absolute atomic E-state index is 0.0367. The van der Waals surface area contributed by atoms with Crippen molar-refractivity contribution in [2.24, 2.45) is 0 Å². The Hall–Kier alpha value is -2.34. The standard InChI is InChI=1S/C21H26N2O3S/c1-26-17-9-4-3-8-16(17)14-22-19(24)20(25)23-15-21(11-5-2-6-12-21)18-10-7-13-27-18/h3-4,7-10,13H,2,5-6,11-12,14-15H2,1H3,(H,22,24)(H,23,25). The zero-order chi connectivity index (χ0) is 19.1. The fraction of sp³-hybridized carbons (Fsp3) is 0.429. The first kappa shape index (κ1) is 19.4. The van der Waals surface area contributed by atoms with Crippen LogP contribution >= 0.6 is 11.3 Å². The van der Waals surface area contributed by atoms with Gasteiger partial charge in [-0.3, -0.25) is 9.59 Å². The van der Waals surface area contributed by atoms with Crippen LogP contribution < -0.4 is 15.4 Å². The Labute approximate surface area is 164 Å². The quantitative estimate of drug-likeness (QED) is 0.748. The molecule has 144 valence electrons. The van der Waals surface area contributed by atoms with Crippen LogP contribution in [0.5, 0.6) is 5.75 Å². The molecule has 3 rings (SSSR count). The number of methoxy groups -OCH3 is 1. The minimum atomic E-state index is -0.613. The van der Waals surface area contributed by atoms with Gasteiger partial charge in [0.25, 0.3) is 0 Å². The zero-order valence-corrected chi connectivity index (χ0v) is 16.4. The van der Waals surface area contributed by atoms with Gasteiger partial charge in [-0.15, -0.1) is 11.3 Å². The van der Waals surface area contributed by atoms with Crippen LogP contribution in [0, 0.1) is 0 Å². The van der Waals surface area contributed by atoms with Gasteiger partial charge >= 0.3 is 11.8 Å². The highest BCUT2D eigenvalue weighted by Crippen LogP contribution is 2.41. The first-order valence-corrected chi connectivity index (χ1v) is 10.2. The van der Waals surface area contributed by atoms with Gasteiger partial charge in [-0.25, -0.2) is 0 Å². The summed E-state index contributed by atoms with van der Waals surface area (Å²) in [6, 6.07) is 11.6. The van der Waals surface area contributed by atoms with Gasteiger partial charge in [0.2, 0.25) is 0 Å². The molecule has 1 aliphatic rings. The number of hydrogen-bond donors (Lipinski definition) is 2. The second-order valence-electron chi connectivity index (χ2n) is 7.00. The number of ether oxygens (including phenoxy) is 1. The van der Waals surface area contributed by atoms with E-state index < -0.39 is 11.8 Å². The third kappa shape index (κ3) is 4.69. The minimum Gasteiger partial charge on any atom is -0.496 e. The molecule has 1 aromatic carbocycles. The van der Waals surface area contributed by atoms with E-state index in [9.17, 15) is 9.59 Å². The second-order valence-corrected chi connectivity index (χ2v) is 7.94. The number of thiophene rings is 1. The average Bonchev–Trinajstić information content (AvgIpc) is 3.26. The van der Waals surface area contributed by atoms with E-state index in [1.54, 1.807) is 18.4 Å². The zero-order valence-electron chi connectivity index (χ0n) is 15.6. The van der Waals surface area contributed by atoms with Crippen LogP contribution in [0.1, 0.15) is 42.5 Å². The summed E-state index contributed by atoms with van der Waals surface area (Å²) in [4.78, 5) is 25.8. The van der Waals surface area contributed by atoms with Gasteiger partial charge in [0.05, 0.1) is 7.11 Å². The van der Waals surface area contributed by atoms with Crippen molar-refractivity contribution in [2.75, 3.05) is 13.7 Å². The number of rotatable bonds is 6. The molecule has 1 saturated carbocycles. The molecule has 0 spiro atoms. The fourth-order valence-corrected chi connectivity index (χ4v) is 4.74. The first-order valence-electron chi connectivity index (χ1n) is 9.36. The van der Waals surface area contributed by atoms with Crippen molar-refractivity contribution in [2.45, 2.75) is 44.1 Å². The maximum absolute atomic E-state index is 12.3. The monoisotopic (exact) mass is 386 g/mol. The number of carbonyl (C=O) groups is 2. The highest BCUT2D eigenvalue weighted by atomic mass is 32.1. The van der Waals surface area contributed by atoms with Crippen molar-refractivity contribution in [3.05, 3.63) is 52.2 Å². The summed E-state index contributed by atoms with van der Waals surface area (Å²) in [6.07, 6.45) is 5.66. The Kier molecular flexibility index (Phi) is 6.50. The molecular weight excluding hydrogens is 360 g/mol. The van der Waals surface area contributed by atoms with Crippen molar-refractivity contribution >= 4 is 23.2 Å². The molecule has 5 nitrogen and oxygen atoms in total. The highest BCUT2D eigenvalue weighted by Gasteiger charge is 2.35. The molecule has 1 heterocycles. The number of nitrogens with one attached hydrogen (secondary N) is 2. The third-order valence-electron chi connectivity index (χ3n) is 5.28. The number of carbonyl (C=O) groups excluding carboxylic acids is 2. The van der Waals surface area contributed by atoms with E-state index in [4.69, 9.17) is 4.74 Å². The summed E-state index contributed by atoms with van der Waals surface area (Å²) in [5.41, 5.74) is 0.800. The Morgan fingerprint density at radius 3 is 2.48 bits per heavy atom. The fourth-order valence-electron chi connectivity index (χ4n) is 3.75. The highest BCUT2D eigenvalue weighted by molar-refractivity contribution is 7.10. The van der Waals surface area contributed by atoms with Crippen molar-refractivity contribution in [1.82, 2.24) is 10.6 Å². The molecule has 0 atom stereocenters.